The molecule has 0 aliphatic rings. The van der Waals surface area contributed by atoms with Crippen molar-refractivity contribution >= 4 is 39.6 Å². The molecule has 2 amide bonds. The third-order valence-corrected chi connectivity index (χ3v) is 5.44. The Labute approximate surface area is 160 Å². The summed E-state index contributed by atoms with van der Waals surface area (Å²) in [4.78, 5) is 30.8. The first-order chi connectivity index (χ1) is 12.5. The summed E-state index contributed by atoms with van der Waals surface area (Å²) in [5, 5.41) is 8.05. The van der Waals surface area contributed by atoms with Crippen LogP contribution in [0.1, 0.15) is 27.2 Å². The summed E-state index contributed by atoms with van der Waals surface area (Å²) in [6.45, 7) is 4.26. The molecular weight excluding hydrogens is 366 g/mol. The zero-order valence-corrected chi connectivity index (χ0v) is 16.2. The molecule has 3 rings (SSSR count). The first kappa shape index (κ1) is 18.3. The number of carbonyl (C=O) groups is 2. The molecule has 0 spiro atoms. The van der Waals surface area contributed by atoms with Crippen molar-refractivity contribution in [2.75, 3.05) is 11.9 Å². The number of anilines is 1. The molecular formula is C19H19N3O2S2. The van der Waals surface area contributed by atoms with Crippen LogP contribution in [0.5, 0.6) is 0 Å². The van der Waals surface area contributed by atoms with Gasteiger partial charge in [-0.2, -0.15) is 0 Å². The Morgan fingerprint density at radius 2 is 2.00 bits per heavy atom. The van der Waals surface area contributed by atoms with E-state index in [9.17, 15) is 9.59 Å². The molecule has 134 valence electrons. The first-order valence-corrected chi connectivity index (χ1v) is 9.88. The first-order valence-electron chi connectivity index (χ1n) is 8.18. The van der Waals surface area contributed by atoms with Gasteiger partial charge in [-0.15, -0.1) is 22.7 Å². The fourth-order valence-electron chi connectivity index (χ4n) is 2.38. The van der Waals surface area contributed by atoms with Crippen molar-refractivity contribution in [3.05, 3.63) is 57.8 Å². The van der Waals surface area contributed by atoms with Crippen molar-refractivity contribution in [3.63, 3.8) is 0 Å². The summed E-state index contributed by atoms with van der Waals surface area (Å²) in [6, 6.07) is 11.4. The number of aryl methyl sites for hydroxylation is 2. The summed E-state index contributed by atoms with van der Waals surface area (Å²) in [5.41, 5.74) is 2.49. The number of aromatic nitrogens is 1. The molecule has 0 atom stereocenters. The van der Waals surface area contributed by atoms with E-state index >= 15 is 0 Å². The Morgan fingerprint density at radius 1 is 1.15 bits per heavy atom. The third-order valence-electron chi connectivity index (χ3n) is 3.66. The second-order valence-electron chi connectivity index (χ2n) is 5.87. The Morgan fingerprint density at radius 3 is 2.73 bits per heavy atom. The highest BCUT2D eigenvalue weighted by atomic mass is 32.1. The molecule has 26 heavy (non-hydrogen) atoms. The lowest BCUT2D eigenvalue weighted by Crippen LogP contribution is -2.27. The van der Waals surface area contributed by atoms with Crippen LogP contribution in [0.15, 0.2) is 41.8 Å². The van der Waals surface area contributed by atoms with Crippen LogP contribution in [0.25, 0.3) is 10.6 Å². The van der Waals surface area contributed by atoms with Gasteiger partial charge in [0.2, 0.25) is 5.91 Å². The third kappa shape index (κ3) is 4.77. The highest BCUT2D eigenvalue weighted by Crippen LogP contribution is 2.30. The zero-order chi connectivity index (χ0) is 18.5. The van der Waals surface area contributed by atoms with E-state index in [1.54, 1.807) is 17.4 Å². The molecule has 1 aromatic carbocycles. The maximum absolute atomic E-state index is 12.0. The summed E-state index contributed by atoms with van der Waals surface area (Å²) in [5.74, 6) is -0.344. The number of carbonyl (C=O) groups excluding carboxylic acids is 2. The Hall–Kier alpha value is -2.51. The van der Waals surface area contributed by atoms with Gasteiger partial charge >= 0.3 is 0 Å². The van der Waals surface area contributed by atoms with Gasteiger partial charge < -0.3 is 10.6 Å². The normalized spacial score (nSPS) is 10.5. The molecule has 2 N–H and O–H groups in total. The minimum absolute atomic E-state index is 0.169. The number of thiazole rings is 1. The van der Waals surface area contributed by atoms with Gasteiger partial charge in [0.1, 0.15) is 0 Å². The molecule has 0 saturated heterocycles. The topological polar surface area (TPSA) is 71.1 Å². The monoisotopic (exact) mass is 385 g/mol. The Balaban J connectivity index is 1.47. The zero-order valence-electron chi connectivity index (χ0n) is 14.5. The molecule has 0 bridgehead atoms. The average Bonchev–Trinajstić information content (AvgIpc) is 3.23. The van der Waals surface area contributed by atoms with E-state index in [0.29, 0.717) is 10.7 Å². The van der Waals surface area contributed by atoms with Crippen molar-refractivity contribution in [3.8, 4) is 10.6 Å². The molecule has 0 saturated carbocycles. The molecule has 5 nitrogen and oxygen atoms in total. The molecule has 2 heterocycles. The predicted octanol–water partition coefficient (Wildman–Crippen LogP) is 4.25. The predicted molar refractivity (Wildman–Crippen MR) is 107 cm³/mol. The number of thiophene rings is 1. The van der Waals surface area contributed by atoms with Gasteiger partial charge in [0, 0.05) is 28.8 Å². The Kier molecular flexibility index (Phi) is 5.80. The molecule has 7 heteroatoms. The number of amides is 2. The molecule has 0 aliphatic heterocycles. The van der Waals surface area contributed by atoms with Crippen molar-refractivity contribution in [1.29, 1.82) is 0 Å². The molecule has 0 fully saturated rings. The van der Waals surface area contributed by atoms with Gasteiger partial charge in [-0.05, 0) is 38.1 Å². The van der Waals surface area contributed by atoms with Gasteiger partial charge in [0.25, 0.3) is 5.91 Å². The fourth-order valence-corrected chi connectivity index (χ4v) is 4.01. The van der Waals surface area contributed by atoms with E-state index in [0.717, 1.165) is 16.1 Å². The van der Waals surface area contributed by atoms with Gasteiger partial charge in [-0.25, -0.2) is 4.98 Å². The Bertz CT molecular complexity index is 930. The number of hydrogen-bond acceptors (Lipinski definition) is 5. The number of nitrogens with zero attached hydrogens (tertiary/aromatic N) is 1. The lowest BCUT2D eigenvalue weighted by molar-refractivity contribution is -0.116. The summed E-state index contributed by atoms with van der Waals surface area (Å²) < 4.78 is 0. The number of nitrogens with one attached hydrogen (secondary N) is 2. The SMILES string of the molecule is Cc1cccc(C(=O)NCCC(=O)Nc2nc(-c3ccc(C)s3)cs2)c1. The average molecular weight is 386 g/mol. The fraction of sp³-hybridized carbons (Fsp3) is 0.211. The largest absolute Gasteiger partial charge is 0.352 e. The van der Waals surface area contributed by atoms with Crippen LogP contribution >= 0.6 is 22.7 Å². The van der Waals surface area contributed by atoms with E-state index in [1.165, 1.54) is 16.2 Å². The lowest BCUT2D eigenvalue weighted by atomic mass is 10.1. The number of rotatable bonds is 6. The highest BCUT2D eigenvalue weighted by Gasteiger charge is 2.10. The van der Waals surface area contributed by atoms with Crippen LogP contribution in [0.3, 0.4) is 0 Å². The van der Waals surface area contributed by atoms with Crippen molar-refractivity contribution < 1.29 is 9.59 Å². The van der Waals surface area contributed by atoms with Crippen LogP contribution in [0, 0.1) is 13.8 Å². The van der Waals surface area contributed by atoms with Crippen LogP contribution < -0.4 is 10.6 Å². The second kappa shape index (κ2) is 8.25. The van der Waals surface area contributed by atoms with Crippen molar-refractivity contribution in [2.24, 2.45) is 0 Å². The molecule has 2 aromatic heterocycles. The van der Waals surface area contributed by atoms with E-state index in [4.69, 9.17) is 0 Å². The van der Waals surface area contributed by atoms with Crippen LogP contribution in [0.4, 0.5) is 5.13 Å². The molecule has 0 radical (unpaired) electrons. The van der Waals surface area contributed by atoms with Crippen molar-refractivity contribution in [2.45, 2.75) is 20.3 Å². The minimum atomic E-state index is -0.175. The van der Waals surface area contributed by atoms with Gasteiger partial charge in [0.15, 0.2) is 5.13 Å². The summed E-state index contributed by atoms with van der Waals surface area (Å²) in [7, 11) is 0. The summed E-state index contributed by atoms with van der Waals surface area (Å²) >= 11 is 3.07. The van der Waals surface area contributed by atoms with Crippen LogP contribution in [-0.2, 0) is 4.79 Å². The molecule has 0 aliphatic carbocycles. The van der Waals surface area contributed by atoms with Gasteiger partial charge in [-0.1, -0.05) is 17.7 Å². The molecule has 3 aromatic rings. The lowest BCUT2D eigenvalue weighted by Gasteiger charge is -2.06. The van der Waals surface area contributed by atoms with E-state index in [-0.39, 0.29) is 24.8 Å². The van der Waals surface area contributed by atoms with E-state index < -0.39 is 0 Å². The number of hydrogen-bond donors (Lipinski definition) is 2. The number of benzene rings is 1. The maximum atomic E-state index is 12.0. The quantitative estimate of drug-likeness (QED) is 0.666. The van der Waals surface area contributed by atoms with Crippen molar-refractivity contribution in [1.82, 2.24) is 10.3 Å². The van der Waals surface area contributed by atoms with E-state index in [1.807, 2.05) is 43.5 Å². The molecule has 0 unspecified atom stereocenters. The summed E-state index contributed by atoms with van der Waals surface area (Å²) in [6.07, 6.45) is 0.199. The maximum Gasteiger partial charge on any atom is 0.251 e. The second-order valence-corrected chi connectivity index (χ2v) is 8.02. The van der Waals surface area contributed by atoms with E-state index in [2.05, 4.69) is 21.7 Å². The standard InChI is InChI=1S/C19H19N3O2S2/c1-12-4-3-5-14(10-12)18(24)20-9-8-17(23)22-19-21-15(11-25-19)16-7-6-13(2)26-16/h3-7,10-11H,8-9H2,1-2H3,(H,20,24)(H,21,22,23). The minimum Gasteiger partial charge on any atom is -0.352 e. The van der Waals surface area contributed by atoms with Crippen LogP contribution in [-0.4, -0.2) is 23.3 Å². The highest BCUT2D eigenvalue weighted by molar-refractivity contribution is 7.17. The van der Waals surface area contributed by atoms with Crippen LogP contribution in [0.2, 0.25) is 0 Å². The smallest absolute Gasteiger partial charge is 0.251 e. The van der Waals surface area contributed by atoms with Gasteiger partial charge in [0.05, 0.1) is 10.6 Å². The van der Waals surface area contributed by atoms with Gasteiger partial charge in [-0.3, -0.25) is 9.59 Å².